The normalized spacial score (nSPS) is 20.2. The van der Waals surface area contributed by atoms with Crippen molar-refractivity contribution >= 4 is 0 Å². The fourth-order valence-corrected chi connectivity index (χ4v) is 0.733. The Balaban J connectivity index is 2.37. The predicted molar refractivity (Wildman–Crippen MR) is 36.0 cm³/mol. The average Bonchev–Trinajstić information content (AvgIpc) is 1.87. The van der Waals surface area contributed by atoms with Crippen LogP contribution in [0.25, 0.3) is 0 Å². The first-order valence-corrected chi connectivity index (χ1v) is 3.00. The molecule has 0 aromatic carbocycles. The summed E-state index contributed by atoms with van der Waals surface area (Å²) >= 11 is 0. The molecule has 0 radical (unpaired) electrons. The highest BCUT2D eigenvalue weighted by Gasteiger charge is 2.37. The van der Waals surface area contributed by atoms with Gasteiger partial charge in [0.25, 0.3) is 0 Å². The third-order valence-corrected chi connectivity index (χ3v) is 1.44. The molecule has 1 aliphatic rings. The van der Waals surface area contributed by atoms with E-state index in [1.54, 1.807) is 0 Å². The lowest BCUT2D eigenvalue weighted by Gasteiger charge is -2.35. The van der Waals surface area contributed by atoms with Crippen molar-refractivity contribution in [3.63, 3.8) is 0 Å². The number of nitrogens with one attached hydrogen (secondary N) is 1. The van der Waals surface area contributed by atoms with Crippen molar-refractivity contribution in [2.24, 2.45) is 0 Å². The zero-order chi connectivity index (χ0) is 7.45. The van der Waals surface area contributed by atoms with Gasteiger partial charge in [-0.3, -0.25) is 5.32 Å². The van der Waals surface area contributed by atoms with Crippen LogP contribution in [-0.4, -0.2) is 25.3 Å². The number of hydrogen-bond donors (Lipinski definition) is 1. The van der Waals surface area contributed by atoms with E-state index in [-0.39, 0.29) is 0 Å². The Kier molecular flexibility index (Phi) is 1.91. The molecular weight excluding hydrogens is 128 g/mol. The molecule has 0 aliphatic carbocycles. The van der Waals surface area contributed by atoms with Crippen LogP contribution in [0.4, 0.5) is 0 Å². The second-order valence-corrected chi connectivity index (χ2v) is 2.24. The second-order valence-electron chi connectivity index (χ2n) is 2.24. The summed E-state index contributed by atoms with van der Waals surface area (Å²) in [6.45, 7) is 1.33. The van der Waals surface area contributed by atoms with Gasteiger partial charge in [0.1, 0.15) is 0 Å². The summed E-state index contributed by atoms with van der Waals surface area (Å²) in [5, 5.41) is 11.5. The monoisotopic (exact) mass is 136 g/mol. The summed E-state index contributed by atoms with van der Waals surface area (Å²) in [7, 11) is 0. The Morgan fingerprint density at radius 2 is 2.40 bits per heavy atom. The predicted octanol–water partition coefficient (Wildman–Crippen LogP) is -0.498. The van der Waals surface area contributed by atoms with Crippen LogP contribution in [0.15, 0.2) is 0 Å². The molecule has 0 amide bonds. The quantitative estimate of drug-likeness (QED) is 0.520. The first kappa shape index (κ1) is 7.08. The van der Waals surface area contributed by atoms with Gasteiger partial charge in [0, 0.05) is 0 Å². The largest absolute Gasteiger partial charge is 0.375 e. The van der Waals surface area contributed by atoms with Gasteiger partial charge in [-0.15, -0.1) is 6.42 Å². The number of ether oxygens (including phenoxy) is 1. The summed E-state index contributed by atoms with van der Waals surface area (Å²) in [5.74, 6) is 2.41. The minimum atomic E-state index is -0.494. The van der Waals surface area contributed by atoms with Crippen LogP contribution in [0.1, 0.15) is 0 Å². The van der Waals surface area contributed by atoms with E-state index in [4.69, 9.17) is 16.4 Å². The molecule has 1 saturated heterocycles. The number of nitriles is 1. The SMILES string of the molecule is C#CCNC1(C#N)COC1. The van der Waals surface area contributed by atoms with Gasteiger partial charge in [0.05, 0.1) is 25.8 Å². The van der Waals surface area contributed by atoms with Crippen LogP contribution in [-0.2, 0) is 4.74 Å². The maximum atomic E-state index is 8.60. The Hall–Kier alpha value is -1.03. The molecule has 1 fully saturated rings. The molecule has 3 heteroatoms. The smallest absolute Gasteiger partial charge is 0.154 e. The standard InChI is InChI=1S/C7H8N2O/c1-2-3-9-7(4-8)5-10-6-7/h1,9H,3,5-6H2. The van der Waals surface area contributed by atoms with Crippen molar-refractivity contribution in [1.82, 2.24) is 5.32 Å². The molecule has 1 aliphatic heterocycles. The first-order valence-electron chi connectivity index (χ1n) is 3.00. The van der Waals surface area contributed by atoms with E-state index in [2.05, 4.69) is 17.3 Å². The van der Waals surface area contributed by atoms with Crippen molar-refractivity contribution in [2.75, 3.05) is 19.8 Å². The molecule has 0 aromatic rings. The van der Waals surface area contributed by atoms with E-state index in [9.17, 15) is 0 Å². The summed E-state index contributed by atoms with van der Waals surface area (Å²) < 4.78 is 4.87. The Bertz CT molecular complexity index is 195. The molecule has 1 heterocycles. The maximum absolute atomic E-state index is 8.60. The van der Waals surface area contributed by atoms with E-state index in [1.807, 2.05) is 0 Å². The number of hydrogen-bond acceptors (Lipinski definition) is 3. The zero-order valence-corrected chi connectivity index (χ0v) is 5.55. The van der Waals surface area contributed by atoms with Gasteiger partial charge in [0.2, 0.25) is 0 Å². The van der Waals surface area contributed by atoms with E-state index in [0.29, 0.717) is 19.8 Å². The Morgan fingerprint density at radius 3 is 2.70 bits per heavy atom. The van der Waals surface area contributed by atoms with Crippen molar-refractivity contribution in [3.8, 4) is 18.4 Å². The van der Waals surface area contributed by atoms with Gasteiger partial charge in [0.15, 0.2) is 5.54 Å². The van der Waals surface area contributed by atoms with Crippen LogP contribution in [0.3, 0.4) is 0 Å². The van der Waals surface area contributed by atoms with Gasteiger partial charge in [-0.25, -0.2) is 0 Å². The van der Waals surface area contributed by atoms with Crippen LogP contribution in [0.2, 0.25) is 0 Å². The third kappa shape index (κ3) is 1.11. The summed E-state index contributed by atoms with van der Waals surface area (Å²) in [4.78, 5) is 0. The van der Waals surface area contributed by atoms with Crippen molar-refractivity contribution in [2.45, 2.75) is 5.54 Å². The Labute approximate surface area is 60.0 Å². The summed E-state index contributed by atoms with van der Waals surface area (Å²) in [6, 6.07) is 2.12. The summed E-state index contributed by atoms with van der Waals surface area (Å²) in [6.07, 6.45) is 5.01. The number of terminal acetylenes is 1. The lowest BCUT2D eigenvalue weighted by molar-refractivity contribution is -0.0416. The second kappa shape index (κ2) is 2.70. The molecule has 3 nitrogen and oxygen atoms in total. The highest BCUT2D eigenvalue weighted by molar-refractivity contribution is 5.13. The molecule has 0 spiro atoms. The van der Waals surface area contributed by atoms with Gasteiger partial charge >= 0.3 is 0 Å². The minimum Gasteiger partial charge on any atom is -0.375 e. The van der Waals surface area contributed by atoms with Gasteiger partial charge in [-0.1, -0.05) is 5.92 Å². The lowest BCUT2D eigenvalue weighted by Crippen LogP contribution is -2.59. The minimum absolute atomic E-state index is 0.428. The topological polar surface area (TPSA) is 45.0 Å². The zero-order valence-electron chi connectivity index (χ0n) is 5.55. The van der Waals surface area contributed by atoms with Gasteiger partial charge in [-0.2, -0.15) is 5.26 Å². The number of nitrogens with zero attached hydrogens (tertiary/aromatic N) is 1. The van der Waals surface area contributed by atoms with Crippen LogP contribution >= 0.6 is 0 Å². The molecule has 1 rings (SSSR count). The highest BCUT2D eigenvalue weighted by atomic mass is 16.5. The van der Waals surface area contributed by atoms with Crippen LogP contribution in [0.5, 0.6) is 0 Å². The fourth-order valence-electron chi connectivity index (χ4n) is 0.733. The lowest BCUT2D eigenvalue weighted by atomic mass is 10.0. The highest BCUT2D eigenvalue weighted by Crippen LogP contribution is 2.14. The molecular formula is C7H8N2O. The molecule has 0 aromatic heterocycles. The van der Waals surface area contributed by atoms with Crippen molar-refractivity contribution in [3.05, 3.63) is 0 Å². The number of rotatable bonds is 2. The van der Waals surface area contributed by atoms with E-state index >= 15 is 0 Å². The van der Waals surface area contributed by atoms with Gasteiger partial charge < -0.3 is 4.74 Å². The molecule has 0 saturated carbocycles. The molecule has 0 atom stereocenters. The average molecular weight is 136 g/mol. The Morgan fingerprint density at radius 1 is 1.70 bits per heavy atom. The molecule has 52 valence electrons. The first-order chi connectivity index (χ1) is 4.83. The third-order valence-electron chi connectivity index (χ3n) is 1.44. The van der Waals surface area contributed by atoms with E-state index in [1.165, 1.54) is 0 Å². The van der Waals surface area contributed by atoms with Crippen molar-refractivity contribution < 1.29 is 4.74 Å². The van der Waals surface area contributed by atoms with E-state index in [0.717, 1.165) is 0 Å². The van der Waals surface area contributed by atoms with Gasteiger partial charge in [-0.05, 0) is 0 Å². The van der Waals surface area contributed by atoms with Crippen molar-refractivity contribution in [1.29, 1.82) is 5.26 Å². The maximum Gasteiger partial charge on any atom is 0.154 e. The molecule has 0 unspecified atom stereocenters. The van der Waals surface area contributed by atoms with E-state index < -0.39 is 5.54 Å². The summed E-state index contributed by atoms with van der Waals surface area (Å²) in [5.41, 5.74) is -0.494. The fraction of sp³-hybridized carbons (Fsp3) is 0.571. The van der Waals surface area contributed by atoms with Crippen LogP contribution < -0.4 is 5.32 Å². The van der Waals surface area contributed by atoms with Crippen LogP contribution in [0, 0.1) is 23.7 Å². The molecule has 1 N–H and O–H groups in total. The molecule has 0 bridgehead atoms. The molecule has 10 heavy (non-hydrogen) atoms.